The Balaban J connectivity index is 2.77. The van der Waals surface area contributed by atoms with E-state index in [2.05, 4.69) is 20.9 Å². The smallest absolute Gasteiger partial charge is 0.345 e. The van der Waals surface area contributed by atoms with Gasteiger partial charge < -0.3 is 5.32 Å². The second-order valence-corrected chi connectivity index (χ2v) is 4.29. The molecule has 1 heterocycles. The number of nitrogens with zero attached hydrogens (tertiary/aromatic N) is 2. The maximum Gasteiger partial charge on any atom is 0.405 e. The Bertz CT molecular complexity index is 513. The molecule has 100 valence electrons. The number of aryl methyl sites for hydroxylation is 1. The van der Waals surface area contributed by atoms with Gasteiger partial charge in [-0.3, -0.25) is 14.2 Å². The summed E-state index contributed by atoms with van der Waals surface area (Å²) in [5.74, 6) is -0.664. The van der Waals surface area contributed by atoms with Gasteiger partial charge in [-0.05, 0) is 22.9 Å². The summed E-state index contributed by atoms with van der Waals surface area (Å²) >= 11 is 2.93. The highest BCUT2D eigenvalue weighted by molar-refractivity contribution is 9.10. The number of rotatable bonds is 3. The van der Waals surface area contributed by atoms with Gasteiger partial charge in [-0.1, -0.05) is 0 Å². The van der Waals surface area contributed by atoms with Gasteiger partial charge in [0.1, 0.15) is 23.4 Å². The van der Waals surface area contributed by atoms with Crippen LogP contribution in [-0.2, 0) is 11.3 Å². The fourth-order valence-electron chi connectivity index (χ4n) is 1.14. The number of hydrogen-bond donors (Lipinski definition) is 1. The Morgan fingerprint density at radius 2 is 2.17 bits per heavy atom. The van der Waals surface area contributed by atoms with Crippen molar-refractivity contribution in [2.24, 2.45) is 0 Å². The standard InChI is InChI=1S/C9H9BrF3N3O2/c1-5-14-2-6(10)8(18)16(5)3-7(17)15-4-9(11,12)13/h2H,3-4H2,1H3,(H,15,17). The normalized spacial score (nSPS) is 11.4. The molecule has 0 saturated carbocycles. The Hall–Kier alpha value is -1.38. The van der Waals surface area contributed by atoms with Crippen molar-refractivity contribution < 1.29 is 18.0 Å². The second-order valence-electron chi connectivity index (χ2n) is 3.44. The van der Waals surface area contributed by atoms with Crippen molar-refractivity contribution in [3.8, 4) is 0 Å². The molecule has 18 heavy (non-hydrogen) atoms. The van der Waals surface area contributed by atoms with Crippen molar-refractivity contribution in [1.82, 2.24) is 14.9 Å². The lowest BCUT2D eigenvalue weighted by Gasteiger charge is -2.11. The van der Waals surface area contributed by atoms with Crippen molar-refractivity contribution in [1.29, 1.82) is 0 Å². The Morgan fingerprint density at radius 3 is 2.72 bits per heavy atom. The minimum atomic E-state index is -4.48. The summed E-state index contributed by atoms with van der Waals surface area (Å²) in [4.78, 5) is 26.7. The predicted octanol–water partition coefficient (Wildman–Crippen LogP) is 0.993. The SMILES string of the molecule is Cc1ncc(Br)c(=O)n1CC(=O)NCC(F)(F)F. The molecule has 0 aromatic carbocycles. The van der Waals surface area contributed by atoms with Gasteiger partial charge in [0.25, 0.3) is 5.56 Å². The van der Waals surface area contributed by atoms with E-state index in [-0.39, 0.29) is 10.3 Å². The van der Waals surface area contributed by atoms with Crippen LogP contribution in [-0.4, -0.2) is 28.2 Å². The molecule has 1 aromatic heterocycles. The molecule has 0 fully saturated rings. The van der Waals surface area contributed by atoms with Crippen molar-refractivity contribution >= 4 is 21.8 Å². The molecule has 1 rings (SSSR count). The summed E-state index contributed by atoms with van der Waals surface area (Å²) in [6.45, 7) is -0.459. The van der Waals surface area contributed by atoms with E-state index in [4.69, 9.17) is 0 Å². The number of halogens is 4. The number of carbonyl (C=O) groups is 1. The molecule has 1 amide bonds. The van der Waals surface area contributed by atoms with E-state index in [0.717, 1.165) is 4.57 Å². The lowest BCUT2D eigenvalue weighted by Crippen LogP contribution is -2.38. The van der Waals surface area contributed by atoms with Gasteiger partial charge in [0.15, 0.2) is 0 Å². The fourth-order valence-corrected chi connectivity index (χ4v) is 1.45. The summed E-state index contributed by atoms with van der Waals surface area (Å²) < 4.78 is 36.7. The van der Waals surface area contributed by atoms with Crippen LogP contribution in [0.1, 0.15) is 5.82 Å². The first-order valence-corrected chi connectivity index (χ1v) is 5.55. The average molecular weight is 328 g/mol. The summed E-state index contributed by atoms with van der Waals surface area (Å²) in [6.07, 6.45) is -3.22. The van der Waals surface area contributed by atoms with E-state index in [1.165, 1.54) is 13.1 Å². The molecule has 1 aromatic rings. The van der Waals surface area contributed by atoms with Crippen LogP contribution in [0.25, 0.3) is 0 Å². The highest BCUT2D eigenvalue weighted by Gasteiger charge is 2.27. The van der Waals surface area contributed by atoms with Crippen molar-refractivity contribution in [2.45, 2.75) is 19.6 Å². The molecule has 0 bridgehead atoms. The van der Waals surface area contributed by atoms with Crippen LogP contribution in [0.15, 0.2) is 15.5 Å². The Labute approximate surface area is 108 Å². The van der Waals surface area contributed by atoms with E-state index in [0.29, 0.717) is 0 Å². The number of aromatic nitrogens is 2. The number of amides is 1. The van der Waals surface area contributed by atoms with Gasteiger partial charge in [-0.2, -0.15) is 13.2 Å². The van der Waals surface area contributed by atoms with Gasteiger partial charge in [0.2, 0.25) is 5.91 Å². The van der Waals surface area contributed by atoms with E-state index in [1.807, 2.05) is 0 Å². The van der Waals surface area contributed by atoms with E-state index >= 15 is 0 Å². The molecule has 0 aliphatic rings. The quantitative estimate of drug-likeness (QED) is 0.900. The summed E-state index contributed by atoms with van der Waals surface area (Å²) in [5, 5.41) is 1.68. The maximum atomic E-state index is 11.9. The first kappa shape index (κ1) is 14.7. The van der Waals surface area contributed by atoms with Crippen LogP contribution >= 0.6 is 15.9 Å². The van der Waals surface area contributed by atoms with Crippen molar-refractivity contribution in [2.75, 3.05) is 6.54 Å². The Kier molecular flexibility index (Phi) is 4.49. The van der Waals surface area contributed by atoms with Gasteiger partial charge in [0, 0.05) is 6.20 Å². The first-order chi connectivity index (χ1) is 8.20. The molecule has 9 heteroatoms. The molecule has 0 atom stereocenters. The molecule has 0 radical (unpaired) electrons. The minimum absolute atomic E-state index is 0.136. The molecule has 0 unspecified atom stereocenters. The third-order valence-electron chi connectivity index (χ3n) is 1.99. The van der Waals surface area contributed by atoms with Crippen LogP contribution < -0.4 is 10.9 Å². The number of nitrogens with one attached hydrogen (secondary N) is 1. The largest absolute Gasteiger partial charge is 0.405 e. The highest BCUT2D eigenvalue weighted by atomic mass is 79.9. The van der Waals surface area contributed by atoms with Gasteiger partial charge in [0.05, 0.1) is 0 Å². The van der Waals surface area contributed by atoms with Crippen LogP contribution in [0.5, 0.6) is 0 Å². The van der Waals surface area contributed by atoms with E-state index in [9.17, 15) is 22.8 Å². The second kappa shape index (κ2) is 5.51. The molecule has 0 saturated heterocycles. The Morgan fingerprint density at radius 1 is 1.56 bits per heavy atom. The van der Waals surface area contributed by atoms with Crippen LogP contribution in [0.3, 0.4) is 0 Å². The third kappa shape index (κ3) is 4.13. The zero-order valence-electron chi connectivity index (χ0n) is 9.21. The van der Waals surface area contributed by atoms with Gasteiger partial charge in [-0.25, -0.2) is 4.98 Å². The third-order valence-corrected chi connectivity index (χ3v) is 2.54. The van der Waals surface area contributed by atoms with Crippen molar-refractivity contribution in [3.63, 3.8) is 0 Å². The zero-order valence-corrected chi connectivity index (χ0v) is 10.8. The molecule has 0 spiro atoms. The fraction of sp³-hybridized carbons (Fsp3) is 0.444. The van der Waals surface area contributed by atoms with E-state index < -0.39 is 30.7 Å². The molecular weight excluding hydrogens is 319 g/mol. The van der Waals surface area contributed by atoms with Crippen LogP contribution in [0.2, 0.25) is 0 Å². The predicted molar refractivity (Wildman–Crippen MR) is 60.0 cm³/mol. The highest BCUT2D eigenvalue weighted by Crippen LogP contribution is 2.12. The monoisotopic (exact) mass is 327 g/mol. The minimum Gasteiger partial charge on any atom is -0.345 e. The molecular formula is C9H9BrF3N3O2. The first-order valence-electron chi connectivity index (χ1n) is 4.76. The maximum absolute atomic E-state index is 11.9. The number of alkyl halides is 3. The van der Waals surface area contributed by atoms with Crippen LogP contribution in [0, 0.1) is 6.92 Å². The summed E-state index contributed by atoms with van der Waals surface area (Å²) in [5.41, 5.74) is -0.523. The van der Waals surface area contributed by atoms with Gasteiger partial charge >= 0.3 is 6.18 Å². The molecule has 5 nitrogen and oxygen atoms in total. The van der Waals surface area contributed by atoms with Gasteiger partial charge in [-0.15, -0.1) is 0 Å². The van der Waals surface area contributed by atoms with Crippen molar-refractivity contribution in [3.05, 3.63) is 26.8 Å². The number of carbonyl (C=O) groups excluding carboxylic acids is 1. The lowest BCUT2D eigenvalue weighted by molar-refractivity contribution is -0.138. The topological polar surface area (TPSA) is 64.0 Å². The summed E-state index contributed by atoms with van der Waals surface area (Å²) in [6, 6.07) is 0. The average Bonchev–Trinajstić information content (AvgIpc) is 2.26. The number of hydrogen-bond acceptors (Lipinski definition) is 3. The van der Waals surface area contributed by atoms with Crippen LogP contribution in [0.4, 0.5) is 13.2 Å². The molecule has 0 aliphatic heterocycles. The molecule has 0 aliphatic carbocycles. The summed E-state index contributed by atoms with van der Waals surface area (Å²) in [7, 11) is 0. The van der Waals surface area contributed by atoms with E-state index in [1.54, 1.807) is 5.32 Å². The molecule has 1 N–H and O–H groups in total. The lowest BCUT2D eigenvalue weighted by atomic mass is 10.4. The zero-order chi connectivity index (χ0) is 13.9.